The smallest absolute Gasteiger partial charge is 0.311 e. The molecule has 0 spiro atoms. The molecule has 2 fully saturated rings. The first-order chi connectivity index (χ1) is 12.6. The Morgan fingerprint density at radius 1 is 1.23 bits per heavy atom. The minimum atomic E-state index is -0.522. The number of amides is 2. The SMILES string of the molecule is CCc1ccccc1N1C[C@H](C(=O)OCC(=O)NC2CCCC2)CC1=O. The Morgan fingerprint density at radius 3 is 2.69 bits per heavy atom. The molecule has 2 aliphatic rings. The maximum Gasteiger partial charge on any atom is 0.311 e. The largest absolute Gasteiger partial charge is 0.455 e. The van der Waals surface area contributed by atoms with Gasteiger partial charge < -0.3 is 15.0 Å². The molecule has 26 heavy (non-hydrogen) atoms. The number of para-hydroxylation sites is 1. The summed E-state index contributed by atoms with van der Waals surface area (Å²) in [5.41, 5.74) is 1.93. The van der Waals surface area contributed by atoms with Crippen LogP contribution < -0.4 is 10.2 Å². The molecule has 6 heteroatoms. The van der Waals surface area contributed by atoms with Gasteiger partial charge in [-0.05, 0) is 30.9 Å². The first kappa shape index (κ1) is 18.4. The number of anilines is 1. The summed E-state index contributed by atoms with van der Waals surface area (Å²) in [6.07, 6.45) is 5.18. The minimum Gasteiger partial charge on any atom is -0.455 e. The number of nitrogens with zero attached hydrogens (tertiary/aromatic N) is 1. The summed E-state index contributed by atoms with van der Waals surface area (Å²) in [4.78, 5) is 38.2. The Kier molecular flexibility index (Phi) is 5.91. The zero-order chi connectivity index (χ0) is 18.5. The lowest BCUT2D eigenvalue weighted by Crippen LogP contribution is -2.36. The third kappa shape index (κ3) is 4.23. The lowest BCUT2D eigenvalue weighted by molar-refractivity contribution is -0.152. The van der Waals surface area contributed by atoms with Crippen LogP contribution in [0.3, 0.4) is 0 Å². The van der Waals surface area contributed by atoms with Gasteiger partial charge in [0.25, 0.3) is 5.91 Å². The second kappa shape index (κ2) is 8.34. The predicted octanol–water partition coefficient (Wildman–Crippen LogP) is 2.20. The first-order valence-corrected chi connectivity index (χ1v) is 9.42. The van der Waals surface area contributed by atoms with E-state index in [0.29, 0.717) is 6.54 Å². The first-order valence-electron chi connectivity index (χ1n) is 9.42. The Balaban J connectivity index is 1.52. The number of benzene rings is 1. The molecule has 6 nitrogen and oxygen atoms in total. The van der Waals surface area contributed by atoms with Gasteiger partial charge in [-0.15, -0.1) is 0 Å². The third-order valence-electron chi connectivity index (χ3n) is 5.19. The van der Waals surface area contributed by atoms with Gasteiger partial charge in [0.05, 0.1) is 5.92 Å². The quantitative estimate of drug-likeness (QED) is 0.791. The monoisotopic (exact) mass is 358 g/mol. The van der Waals surface area contributed by atoms with E-state index >= 15 is 0 Å². The second-order valence-electron chi connectivity index (χ2n) is 7.04. The topological polar surface area (TPSA) is 75.7 Å². The molecule has 1 aliphatic heterocycles. The van der Waals surface area contributed by atoms with Crippen molar-refractivity contribution in [3.8, 4) is 0 Å². The lowest BCUT2D eigenvalue weighted by Gasteiger charge is -2.19. The maximum absolute atomic E-state index is 12.4. The number of esters is 1. The number of hydrogen-bond donors (Lipinski definition) is 1. The van der Waals surface area contributed by atoms with Crippen molar-refractivity contribution in [3.05, 3.63) is 29.8 Å². The molecule has 1 heterocycles. The van der Waals surface area contributed by atoms with E-state index in [4.69, 9.17) is 4.74 Å². The normalized spacial score (nSPS) is 20.4. The van der Waals surface area contributed by atoms with Crippen molar-refractivity contribution in [2.24, 2.45) is 5.92 Å². The molecule has 1 aromatic carbocycles. The number of carbonyl (C=O) groups is 3. The van der Waals surface area contributed by atoms with Gasteiger partial charge in [0.15, 0.2) is 6.61 Å². The van der Waals surface area contributed by atoms with Crippen LogP contribution >= 0.6 is 0 Å². The van der Waals surface area contributed by atoms with Crippen LogP contribution in [-0.4, -0.2) is 37.0 Å². The molecule has 1 saturated heterocycles. The second-order valence-corrected chi connectivity index (χ2v) is 7.04. The molecule has 140 valence electrons. The summed E-state index contributed by atoms with van der Waals surface area (Å²) in [6.45, 7) is 2.07. The van der Waals surface area contributed by atoms with E-state index in [1.54, 1.807) is 4.90 Å². The number of rotatable bonds is 6. The summed E-state index contributed by atoms with van der Waals surface area (Å²) in [5.74, 6) is -1.34. The van der Waals surface area contributed by atoms with Crippen LogP contribution in [0.4, 0.5) is 5.69 Å². The summed E-state index contributed by atoms with van der Waals surface area (Å²) >= 11 is 0. The van der Waals surface area contributed by atoms with Crippen molar-refractivity contribution in [1.29, 1.82) is 0 Å². The van der Waals surface area contributed by atoms with E-state index in [2.05, 4.69) is 5.32 Å². The molecule has 0 unspecified atom stereocenters. The molecule has 1 atom stereocenters. The van der Waals surface area contributed by atoms with Crippen molar-refractivity contribution >= 4 is 23.5 Å². The van der Waals surface area contributed by atoms with Crippen LogP contribution in [0.5, 0.6) is 0 Å². The fourth-order valence-electron chi connectivity index (χ4n) is 3.77. The number of carbonyl (C=O) groups excluding carboxylic acids is 3. The van der Waals surface area contributed by atoms with Crippen molar-refractivity contribution < 1.29 is 19.1 Å². The van der Waals surface area contributed by atoms with Crippen LogP contribution in [0.1, 0.15) is 44.6 Å². The van der Waals surface area contributed by atoms with E-state index < -0.39 is 11.9 Å². The van der Waals surface area contributed by atoms with Crippen molar-refractivity contribution in [2.75, 3.05) is 18.1 Å². The van der Waals surface area contributed by atoms with E-state index in [1.807, 2.05) is 31.2 Å². The molecule has 1 aliphatic carbocycles. The Hall–Kier alpha value is -2.37. The average Bonchev–Trinajstić information content (AvgIpc) is 3.29. The summed E-state index contributed by atoms with van der Waals surface area (Å²) in [7, 11) is 0. The van der Waals surface area contributed by atoms with Gasteiger partial charge in [0, 0.05) is 24.7 Å². The molecule has 0 aromatic heterocycles. The van der Waals surface area contributed by atoms with Gasteiger partial charge in [-0.25, -0.2) is 0 Å². The molecule has 0 bridgehead atoms. The molecular formula is C20H26N2O4. The highest BCUT2D eigenvalue weighted by Gasteiger charge is 2.37. The lowest BCUT2D eigenvalue weighted by atomic mass is 10.1. The van der Waals surface area contributed by atoms with Crippen molar-refractivity contribution in [3.63, 3.8) is 0 Å². The van der Waals surface area contributed by atoms with Gasteiger partial charge in [-0.3, -0.25) is 14.4 Å². The third-order valence-corrected chi connectivity index (χ3v) is 5.19. The molecule has 2 amide bonds. The number of aryl methyl sites for hydroxylation is 1. The highest BCUT2D eigenvalue weighted by molar-refractivity contribution is 6.00. The zero-order valence-corrected chi connectivity index (χ0v) is 15.2. The maximum atomic E-state index is 12.4. The van der Waals surface area contributed by atoms with Crippen LogP contribution in [0.25, 0.3) is 0 Å². The highest BCUT2D eigenvalue weighted by atomic mass is 16.5. The standard InChI is InChI=1S/C20H26N2O4/c1-2-14-7-3-6-10-17(14)22-12-15(11-19(22)24)20(25)26-13-18(23)21-16-8-4-5-9-16/h3,6-7,10,15-16H,2,4-5,8-9,11-13H2,1H3,(H,21,23)/t15-/m1/s1. The van der Waals surface area contributed by atoms with Crippen molar-refractivity contribution in [2.45, 2.75) is 51.5 Å². The Morgan fingerprint density at radius 2 is 1.96 bits per heavy atom. The Labute approximate surface area is 153 Å². The molecule has 1 aromatic rings. The molecule has 1 saturated carbocycles. The summed E-state index contributed by atoms with van der Waals surface area (Å²) in [6, 6.07) is 7.93. The highest BCUT2D eigenvalue weighted by Crippen LogP contribution is 2.29. The summed E-state index contributed by atoms with van der Waals surface area (Å²) in [5, 5.41) is 2.89. The van der Waals surface area contributed by atoms with Crippen molar-refractivity contribution in [1.82, 2.24) is 5.32 Å². The zero-order valence-electron chi connectivity index (χ0n) is 15.2. The van der Waals surface area contributed by atoms with E-state index in [-0.39, 0.29) is 30.9 Å². The number of ether oxygens (including phenoxy) is 1. The van der Waals surface area contributed by atoms with Gasteiger partial charge in [0.1, 0.15) is 0 Å². The number of nitrogens with one attached hydrogen (secondary N) is 1. The van der Waals surface area contributed by atoms with Crippen LogP contribution in [0, 0.1) is 5.92 Å². The molecule has 3 rings (SSSR count). The minimum absolute atomic E-state index is 0.0803. The van der Waals surface area contributed by atoms with Crippen LogP contribution in [-0.2, 0) is 25.5 Å². The Bertz CT molecular complexity index is 682. The van der Waals surface area contributed by atoms with Crippen LogP contribution in [0.15, 0.2) is 24.3 Å². The van der Waals surface area contributed by atoms with Gasteiger partial charge in [-0.1, -0.05) is 38.0 Å². The predicted molar refractivity (Wildman–Crippen MR) is 97.6 cm³/mol. The molecule has 0 radical (unpaired) electrons. The fourth-order valence-corrected chi connectivity index (χ4v) is 3.77. The van der Waals surface area contributed by atoms with Crippen LogP contribution in [0.2, 0.25) is 0 Å². The van der Waals surface area contributed by atoms with Gasteiger partial charge in [-0.2, -0.15) is 0 Å². The van der Waals surface area contributed by atoms with E-state index in [1.165, 1.54) is 0 Å². The average molecular weight is 358 g/mol. The fraction of sp³-hybridized carbons (Fsp3) is 0.550. The van der Waals surface area contributed by atoms with E-state index in [0.717, 1.165) is 43.4 Å². The summed E-state index contributed by atoms with van der Waals surface area (Å²) < 4.78 is 5.16. The van der Waals surface area contributed by atoms with E-state index in [9.17, 15) is 14.4 Å². The molecular weight excluding hydrogens is 332 g/mol. The van der Waals surface area contributed by atoms with Gasteiger partial charge >= 0.3 is 5.97 Å². The molecule has 1 N–H and O–H groups in total. The number of hydrogen-bond acceptors (Lipinski definition) is 4. The van der Waals surface area contributed by atoms with Gasteiger partial charge in [0.2, 0.25) is 5.91 Å².